The second kappa shape index (κ2) is 8.08. The third kappa shape index (κ3) is 5.69. The van der Waals surface area contributed by atoms with E-state index < -0.39 is 0 Å². The van der Waals surface area contributed by atoms with Crippen LogP contribution in [0.25, 0.3) is 0 Å². The number of alkyl halides is 1. The molecular weight excluding hydrogens is 236 g/mol. The molecule has 0 fully saturated rings. The van der Waals surface area contributed by atoms with E-state index in [2.05, 4.69) is 11.0 Å². The van der Waals surface area contributed by atoms with Crippen LogP contribution < -0.4 is 0 Å². The van der Waals surface area contributed by atoms with E-state index in [1.807, 2.05) is 31.3 Å². The number of rotatable bonds is 7. The number of benzene rings is 1. The van der Waals surface area contributed by atoms with Crippen LogP contribution in [0.4, 0.5) is 0 Å². The molecule has 1 aromatic carbocycles. The fraction of sp³-hybridized carbons (Fsp3) is 0.462. The lowest BCUT2D eigenvalue weighted by molar-refractivity contribution is 0.122. The lowest BCUT2D eigenvalue weighted by atomic mass is 10.1. The van der Waals surface area contributed by atoms with E-state index >= 15 is 0 Å². The van der Waals surface area contributed by atoms with E-state index in [1.165, 1.54) is 0 Å². The molecule has 0 atom stereocenters. The topological polar surface area (TPSA) is 36.3 Å². The molecule has 17 heavy (non-hydrogen) atoms. The molecule has 1 aromatic rings. The molecule has 4 heteroatoms. The first-order chi connectivity index (χ1) is 8.26. The van der Waals surface area contributed by atoms with E-state index in [9.17, 15) is 0 Å². The van der Waals surface area contributed by atoms with Crippen LogP contribution in [0, 0.1) is 11.3 Å². The molecule has 0 spiro atoms. The van der Waals surface area contributed by atoms with Gasteiger partial charge in [0.2, 0.25) is 0 Å². The number of halogens is 1. The first-order valence-electron chi connectivity index (χ1n) is 5.57. The standard InChI is InChI=1S/C13H17ClN2O/c1-16(6-8-17-7-5-14)11-13-4-2-3-12(9-13)10-15/h2-4,9H,5-8,11H2,1H3. The Morgan fingerprint density at radius 2 is 2.24 bits per heavy atom. The van der Waals surface area contributed by atoms with Gasteiger partial charge in [-0.3, -0.25) is 4.90 Å². The molecular formula is C13H17ClN2O. The molecule has 0 aromatic heterocycles. The van der Waals surface area contributed by atoms with Crippen molar-refractivity contribution in [2.24, 2.45) is 0 Å². The molecule has 92 valence electrons. The van der Waals surface area contributed by atoms with Crippen molar-refractivity contribution in [1.82, 2.24) is 4.90 Å². The molecule has 0 saturated heterocycles. The largest absolute Gasteiger partial charge is 0.379 e. The number of ether oxygens (including phenoxy) is 1. The van der Waals surface area contributed by atoms with Crippen LogP contribution in [0.15, 0.2) is 24.3 Å². The van der Waals surface area contributed by atoms with Gasteiger partial charge in [0.1, 0.15) is 0 Å². The van der Waals surface area contributed by atoms with Gasteiger partial charge in [-0.2, -0.15) is 5.26 Å². The minimum Gasteiger partial charge on any atom is -0.379 e. The summed E-state index contributed by atoms with van der Waals surface area (Å²) in [5.41, 5.74) is 1.85. The molecule has 0 aliphatic rings. The minimum atomic E-state index is 0.536. The van der Waals surface area contributed by atoms with Gasteiger partial charge >= 0.3 is 0 Å². The molecule has 0 N–H and O–H groups in total. The van der Waals surface area contributed by atoms with E-state index in [1.54, 1.807) is 0 Å². The Kier molecular flexibility index (Phi) is 6.64. The Morgan fingerprint density at radius 3 is 2.94 bits per heavy atom. The van der Waals surface area contributed by atoms with Crippen molar-refractivity contribution in [2.75, 3.05) is 32.7 Å². The zero-order valence-electron chi connectivity index (χ0n) is 10.0. The van der Waals surface area contributed by atoms with Crippen molar-refractivity contribution in [3.05, 3.63) is 35.4 Å². The smallest absolute Gasteiger partial charge is 0.0991 e. The van der Waals surface area contributed by atoms with Gasteiger partial charge in [-0.25, -0.2) is 0 Å². The zero-order chi connectivity index (χ0) is 12.5. The van der Waals surface area contributed by atoms with Crippen LogP contribution in [0.3, 0.4) is 0 Å². The Balaban J connectivity index is 2.34. The lowest BCUT2D eigenvalue weighted by Crippen LogP contribution is -2.23. The third-order valence-corrected chi connectivity index (χ3v) is 2.50. The van der Waals surface area contributed by atoms with Crippen molar-refractivity contribution in [3.8, 4) is 6.07 Å². The molecule has 0 aliphatic heterocycles. The molecule has 0 heterocycles. The summed E-state index contributed by atoms with van der Waals surface area (Å²) in [4.78, 5) is 2.16. The zero-order valence-corrected chi connectivity index (χ0v) is 10.8. The van der Waals surface area contributed by atoms with Crippen LogP contribution >= 0.6 is 11.6 Å². The highest BCUT2D eigenvalue weighted by Gasteiger charge is 2.01. The van der Waals surface area contributed by atoms with E-state index in [-0.39, 0.29) is 0 Å². The lowest BCUT2D eigenvalue weighted by Gasteiger charge is -2.16. The first kappa shape index (κ1) is 14.0. The normalized spacial score (nSPS) is 10.5. The summed E-state index contributed by atoms with van der Waals surface area (Å²) in [6.07, 6.45) is 0. The molecule has 0 saturated carbocycles. The molecule has 0 aliphatic carbocycles. The Hall–Kier alpha value is -1.08. The molecule has 0 unspecified atom stereocenters. The molecule has 1 rings (SSSR count). The number of likely N-dealkylation sites (N-methyl/N-ethyl adjacent to an activating group) is 1. The van der Waals surface area contributed by atoms with Gasteiger partial charge in [0.25, 0.3) is 0 Å². The van der Waals surface area contributed by atoms with E-state index in [0.717, 1.165) is 18.7 Å². The van der Waals surface area contributed by atoms with Crippen molar-refractivity contribution in [2.45, 2.75) is 6.54 Å². The van der Waals surface area contributed by atoms with E-state index in [0.29, 0.717) is 24.7 Å². The summed E-state index contributed by atoms with van der Waals surface area (Å²) in [5, 5.41) is 8.80. The van der Waals surface area contributed by atoms with Gasteiger partial charge in [0.05, 0.1) is 24.8 Å². The van der Waals surface area contributed by atoms with Crippen molar-refractivity contribution >= 4 is 11.6 Å². The Bertz CT molecular complexity index is 376. The summed E-state index contributed by atoms with van der Waals surface area (Å²) >= 11 is 5.51. The Morgan fingerprint density at radius 1 is 1.41 bits per heavy atom. The molecule has 0 amide bonds. The number of nitrogens with zero attached hydrogens (tertiary/aromatic N) is 2. The maximum absolute atomic E-state index is 8.80. The SMILES string of the molecule is CN(CCOCCCl)Cc1cccc(C#N)c1. The predicted molar refractivity (Wildman–Crippen MR) is 69.0 cm³/mol. The van der Waals surface area contributed by atoms with Gasteiger partial charge < -0.3 is 4.74 Å². The van der Waals surface area contributed by atoms with E-state index in [4.69, 9.17) is 21.6 Å². The molecule has 3 nitrogen and oxygen atoms in total. The average Bonchev–Trinajstić information content (AvgIpc) is 2.35. The number of hydrogen-bond acceptors (Lipinski definition) is 3. The fourth-order valence-electron chi connectivity index (χ4n) is 1.51. The number of hydrogen-bond donors (Lipinski definition) is 0. The highest BCUT2D eigenvalue weighted by Crippen LogP contribution is 2.06. The molecule has 0 radical (unpaired) electrons. The maximum atomic E-state index is 8.80. The molecule has 0 bridgehead atoms. The minimum absolute atomic E-state index is 0.536. The monoisotopic (exact) mass is 252 g/mol. The summed E-state index contributed by atoms with van der Waals surface area (Å²) in [7, 11) is 2.03. The van der Waals surface area contributed by atoms with Gasteiger partial charge in [0.15, 0.2) is 0 Å². The summed E-state index contributed by atoms with van der Waals surface area (Å²) in [6.45, 7) is 2.95. The highest BCUT2D eigenvalue weighted by atomic mass is 35.5. The van der Waals surface area contributed by atoms with Crippen LogP contribution in [-0.4, -0.2) is 37.6 Å². The van der Waals surface area contributed by atoms with Gasteiger partial charge in [-0.15, -0.1) is 11.6 Å². The third-order valence-electron chi connectivity index (χ3n) is 2.35. The predicted octanol–water partition coefficient (Wildman–Crippen LogP) is 2.25. The van der Waals surface area contributed by atoms with Gasteiger partial charge in [-0.05, 0) is 24.7 Å². The van der Waals surface area contributed by atoms with Gasteiger partial charge in [0, 0.05) is 19.0 Å². The average molecular weight is 253 g/mol. The fourth-order valence-corrected chi connectivity index (χ4v) is 1.62. The van der Waals surface area contributed by atoms with Crippen LogP contribution in [0.1, 0.15) is 11.1 Å². The van der Waals surface area contributed by atoms with Crippen molar-refractivity contribution in [3.63, 3.8) is 0 Å². The van der Waals surface area contributed by atoms with Crippen molar-refractivity contribution in [1.29, 1.82) is 5.26 Å². The summed E-state index contributed by atoms with van der Waals surface area (Å²) in [5.74, 6) is 0.536. The van der Waals surface area contributed by atoms with Crippen molar-refractivity contribution < 1.29 is 4.74 Å². The van der Waals surface area contributed by atoms with Crippen LogP contribution in [-0.2, 0) is 11.3 Å². The quantitative estimate of drug-likeness (QED) is 0.552. The Labute approximate surface area is 108 Å². The number of nitriles is 1. The second-order valence-electron chi connectivity index (χ2n) is 3.85. The van der Waals surface area contributed by atoms with Gasteiger partial charge in [-0.1, -0.05) is 12.1 Å². The van der Waals surface area contributed by atoms with Crippen LogP contribution in [0.2, 0.25) is 0 Å². The summed E-state index contributed by atoms with van der Waals surface area (Å²) in [6, 6.07) is 9.80. The second-order valence-corrected chi connectivity index (χ2v) is 4.23. The van der Waals surface area contributed by atoms with Crippen LogP contribution in [0.5, 0.6) is 0 Å². The first-order valence-corrected chi connectivity index (χ1v) is 6.11. The highest BCUT2D eigenvalue weighted by molar-refractivity contribution is 6.17. The summed E-state index contributed by atoms with van der Waals surface area (Å²) < 4.78 is 5.31. The maximum Gasteiger partial charge on any atom is 0.0991 e.